The summed E-state index contributed by atoms with van der Waals surface area (Å²) in [4.78, 5) is 12.3. The predicted molar refractivity (Wildman–Crippen MR) is 50.8 cm³/mol. The fourth-order valence-electron chi connectivity index (χ4n) is 0.805. The van der Waals surface area contributed by atoms with Crippen molar-refractivity contribution in [1.82, 2.24) is 15.0 Å². The monoisotopic (exact) mass is 241 g/mol. The third kappa shape index (κ3) is 1.51. The molecule has 0 aromatic carbocycles. The molecule has 0 N–H and O–H groups in total. The van der Waals surface area contributed by atoms with Crippen LogP contribution in [0.5, 0.6) is 0 Å². The van der Waals surface area contributed by atoms with Crippen LogP contribution in [0.2, 0.25) is 0 Å². The lowest BCUT2D eigenvalue weighted by atomic mass is 10.4. The highest BCUT2D eigenvalue weighted by atomic mass is 79.9. The zero-order chi connectivity index (χ0) is 8.39. The van der Waals surface area contributed by atoms with E-state index in [0.717, 1.165) is 16.0 Å². The summed E-state index contributed by atoms with van der Waals surface area (Å²) in [6, 6.07) is 0. The van der Waals surface area contributed by atoms with Gasteiger partial charge in [-0.05, 0) is 15.9 Å². The van der Waals surface area contributed by atoms with Gasteiger partial charge in [0.1, 0.15) is 16.0 Å². The minimum Gasteiger partial charge on any atom is -0.260 e. The molecule has 60 valence electrons. The second-order valence-electron chi connectivity index (χ2n) is 2.10. The lowest BCUT2D eigenvalue weighted by molar-refractivity contribution is 1.16. The molecule has 0 aliphatic carbocycles. The van der Waals surface area contributed by atoms with Crippen LogP contribution in [-0.2, 0) is 0 Å². The normalized spacial score (nSPS) is 10.1. The van der Waals surface area contributed by atoms with Gasteiger partial charge in [-0.3, -0.25) is 4.98 Å². The van der Waals surface area contributed by atoms with E-state index in [-0.39, 0.29) is 0 Å². The molecule has 0 atom stereocenters. The van der Waals surface area contributed by atoms with Crippen molar-refractivity contribution in [1.29, 1.82) is 0 Å². The van der Waals surface area contributed by atoms with Gasteiger partial charge >= 0.3 is 0 Å². The molecule has 0 aliphatic rings. The van der Waals surface area contributed by atoms with E-state index in [1.807, 2.05) is 5.38 Å². The number of thiazole rings is 1. The van der Waals surface area contributed by atoms with Gasteiger partial charge in [0.2, 0.25) is 0 Å². The summed E-state index contributed by atoms with van der Waals surface area (Å²) in [5.74, 6) is 0. The largest absolute Gasteiger partial charge is 0.260 e. The van der Waals surface area contributed by atoms with Crippen molar-refractivity contribution in [3.63, 3.8) is 0 Å². The predicted octanol–water partition coefficient (Wildman–Crippen LogP) is 2.36. The van der Waals surface area contributed by atoms with Gasteiger partial charge in [-0.1, -0.05) is 0 Å². The summed E-state index contributed by atoms with van der Waals surface area (Å²) < 4.78 is 0.730. The molecule has 2 aromatic heterocycles. The molecular weight excluding hydrogens is 238 g/mol. The molecule has 0 bridgehead atoms. The molecule has 2 aromatic rings. The number of hydrogen-bond donors (Lipinski definition) is 0. The van der Waals surface area contributed by atoms with Gasteiger partial charge in [-0.15, -0.1) is 11.3 Å². The maximum atomic E-state index is 4.21. The van der Waals surface area contributed by atoms with Crippen LogP contribution in [0, 0.1) is 0 Å². The van der Waals surface area contributed by atoms with E-state index in [4.69, 9.17) is 0 Å². The first kappa shape index (κ1) is 7.82. The first-order valence-electron chi connectivity index (χ1n) is 3.22. The second-order valence-corrected chi connectivity index (χ2v) is 3.63. The second kappa shape index (κ2) is 3.28. The number of nitrogens with zero attached hydrogens (tertiary/aromatic N) is 3. The quantitative estimate of drug-likeness (QED) is 0.770. The maximum absolute atomic E-state index is 4.21. The molecule has 0 unspecified atom stereocenters. The van der Waals surface area contributed by atoms with Gasteiger partial charge in [0.15, 0.2) is 0 Å². The van der Waals surface area contributed by atoms with Crippen LogP contribution < -0.4 is 0 Å². The van der Waals surface area contributed by atoms with Crippen LogP contribution in [0.15, 0.2) is 27.9 Å². The van der Waals surface area contributed by atoms with E-state index in [0.29, 0.717) is 0 Å². The van der Waals surface area contributed by atoms with Gasteiger partial charge in [-0.25, -0.2) is 9.97 Å². The minimum atomic E-state index is 0.730. The third-order valence-electron chi connectivity index (χ3n) is 1.30. The highest BCUT2D eigenvalue weighted by Gasteiger charge is 2.01. The lowest BCUT2D eigenvalue weighted by Crippen LogP contribution is -1.85. The Bertz CT molecular complexity index is 374. The molecule has 0 amide bonds. The van der Waals surface area contributed by atoms with E-state index in [9.17, 15) is 0 Å². The SMILES string of the molecule is Brc1cncc(-c2cscn2)n1. The van der Waals surface area contributed by atoms with E-state index >= 15 is 0 Å². The molecule has 0 radical (unpaired) electrons. The Morgan fingerprint density at radius 3 is 2.83 bits per heavy atom. The lowest BCUT2D eigenvalue weighted by Gasteiger charge is -1.93. The van der Waals surface area contributed by atoms with Crippen LogP contribution in [-0.4, -0.2) is 15.0 Å². The van der Waals surface area contributed by atoms with E-state index in [1.54, 1.807) is 29.2 Å². The topological polar surface area (TPSA) is 38.7 Å². The standard InChI is InChI=1S/C7H4BrN3S/c8-7-2-9-1-5(11-7)6-3-12-4-10-6/h1-4H. The number of halogens is 1. The summed E-state index contributed by atoms with van der Waals surface area (Å²) in [5.41, 5.74) is 3.44. The highest BCUT2D eigenvalue weighted by molar-refractivity contribution is 9.10. The van der Waals surface area contributed by atoms with Crippen molar-refractivity contribution in [2.75, 3.05) is 0 Å². The number of aromatic nitrogens is 3. The zero-order valence-corrected chi connectivity index (χ0v) is 8.34. The van der Waals surface area contributed by atoms with E-state index in [1.165, 1.54) is 0 Å². The molecular formula is C7H4BrN3S. The third-order valence-corrected chi connectivity index (χ3v) is 2.27. The first-order valence-corrected chi connectivity index (χ1v) is 4.96. The average molecular weight is 242 g/mol. The smallest absolute Gasteiger partial charge is 0.125 e. The molecule has 5 heteroatoms. The molecule has 12 heavy (non-hydrogen) atoms. The Morgan fingerprint density at radius 1 is 1.25 bits per heavy atom. The average Bonchev–Trinajstić information content (AvgIpc) is 2.56. The van der Waals surface area contributed by atoms with Gasteiger partial charge in [-0.2, -0.15) is 0 Å². The van der Waals surface area contributed by atoms with Crippen LogP contribution in [0.3, 0.4) is 0 Å². The molecule has 0 saturated carbocycles. The molecule has 0 fully saturated rings. The first-order chi connectivity index (χ1) is 5.86. The van der Waals surface area contributed by atoms with Gasteiger partial charge in [0, 0.05) is 5.38 Å². The summed E-state index contributed by atoms with van der Waals surface area (Å²) in [6.45, 7) is 0. The number of rotatable bonds is 1. The fourth-order valence-corrected chi connectivity index (χ4v) is 1.66. The Hall–Kier alpha value is -0.810. The summed E-state index contributed by atoms with van der Waals surface area (Å²) in [7, 11) is 0. The molecule has 2 rings (SSSR count). The number of hydrogen-bond acceptors (Lipinski definition) is 4. The highest BCUT2D eigenvalue weighted by Crippen LogP contribution is 2.16. The van der Waals surface area contributed by atoms with Crippen LogP contribution in [0.4, 0.5) is 0 Å². The molecule has 0 aliphatic heterocycles. The Kier molecular flexibility index (Phi) is 2.14. The minimum absolute atomic E-state index is 0.730. The van der Waals surface area contributed by atoms with E-state index in [2.05, 4.69) is 30.9 Å². The van der Waals surface area contributed by atoms with Crippen molar-refractivity contribution >= 4 is 27.3 Å². The molecule has 2 heterocycles. The Labute approximate surface area is 81.7 Å². The Morgan fingerprint density at radius 2 is 2.17 bits per heavy atom. The van der Waals surface area contributed by atoms with Crippen molar-refractivity contribution in [3.05, 3.63) is 27.9 Å². The molecule has 0 spiro atoms. The fraction of sp³-hybridized carbons (Fsp3) is 0. The molecule has 3 nitrogen and oxygen atoms in total. The van der Waals surface area contributed by atoms with Crippen molar-refractivity contribution < 1.29 is 0 Å². The molecule has 0 saturated heterocycles. The van der Waals surface area contributed by atoms with Crippen LogP contribution in [0.25, 0.3) is 11.4 Å². The van der Waals surface area contributed by atoms with Crippen molar-refractivity contribution in [2.45, 2.75) is 0 Å². The van der Waals surface area contributed by atoms with Gasteiger partial charge in [0.25, 0.3) is 0 Å². The van der Waals surface area contributed by atoms with Crippen LogP contribution >= 0.6 is 27.3 Å². The van der Waals surface area contributed by atoms with Gasteiger partial charge < -0.3 is 0 Å². The van der Waals surface area contributed by atoms with Crippen LogP contribution in [0.1, 0.15) is 0 Å². The van der Waals surface area contributed by atoms with Crippen molar-refractivity contribution in [2.24, 2.45) is 0 Å². The van der Waals surface area contributed by atoms with E-state index < -0.39 is 0 Å². The summed E-state index contributed by atoms with van der Waals surface area (Å²) >= 11 is 4.80. The summed E-state index contributed by atoms with van der Waals surface area (Å²) in [6.07, 6.45) is 3.34. The summed E-state index contributed by atoms with van der Waals surface area (Å²) in [5, 5.41) is 1.94. The van der Waals surface area contributed by atoms with Crippen molar-refractivity contribution in [3.8, 4) is 11.4 Å². The maximum Gasteiger partial charge on any atom is 0.125 e. The Balaban J connectivity index is 2.48. The van der Waals surface area contributed by atoms with Gasteiger partial charge in [0.05, 0.1) is 17.9 Å². The zero-order valence-electron chi connectivity index (χ0n) is 5.94.